The summed E-state index contributed by atoms with van der Waals surface area (Å²) in [6, 6.07) is 15.9. The van der Waals surface area contributed by atoms with Gasteiger partial charge in [0.2, 0.25) is 0 Å². The summed E-state index contributed by atoms with van der Waals surface area (Å²) in [4.78, 5) is 23.9. The van der Waals surface area contributed by atoms with Crippen LogP contribution in [0.3, 0.4) is 0 Å². The van der Waals surface area contributed by atoms with Gasteiger partial charge in [-0.05, 0) is 66.9 Å². The number of anilines is 2. The van der Waals surface area contributed by atoms with Crippen molar-refractivity contribution < 1.29 is 22.7 Å². The van der Waals surface area contributed by atoms with Gasteiger partial charge in [-0.3, -0.25) is 14.3 Å². The molecule has 2 aromatic carbocycles. The molecule has 10 heteroatoms. The Kier molecular flexibility index (Phi) is 7.27. The topological polar surface area (TPSA) is 114 Å². The van der Waals surface area contributed by atoms with Gasteiger partial charge in [0.1, 0.15) is 9.96 Å². The molecule has 3 rings (SSSR count). The van der Waals surface area contributed by atoms with E-state index in [1.165, 1.54) is 30.3 Å². The average molecular weight is 460 g/mol. The lowest BCUT2D eigenvalue weighted by molar-refractivity contribution is -0.122. The van der Waals surface area contributed by atoms with E-state index in [1.807, 2.05) is 6.92 Å². The minimum absolute atomic E-state index is 0.0812. The van der Waals surface area contributed by atoms with Crippen molar-refractivity contribution in [2.75, 3.05) is 23.2 Å². The smallest absolute Gasteiger partial charge is 0.271 e. The van der Waals surface area contributed by atoms with Crippen LogP contribution in [0.15, 0.2) is 70.3 Å². The SMILES string of the molecule is CCNC(=O)COc1ccc(NC(=O)c2ccc(NS(=O)(=O)c3cccs3)cc2)cc1. The first-order valence-electron chi connectivity index (χ1n) is 9.34. The number of thiophene rings is 1. The molecule has 0 aliphatic carbocycles. The predicted molar refractivity (Wildman–Crippen MR) is 120 cm³/mol. The summed E-state index contributed by atoms with van der Waals surface area (Å²) in [5.74, 6) is -0.0451. The number of sulfonamides is 1. The number of likely N-dealkylation sites (N-methyl/N-ethyl adjacent to an activating group) is 1. The van der Waals surface area contributed by atoms with E-state index < -0.39 is 10.0 Å². The van der Waals surface area contributed by atoms with Crippen molar-refractivity contribution in [1.29, 1.82) is 0 Å². The highest BCUT2D eigenvalue weighted by Gasteiger charge is 2.15. The zero-order chi connectivity index (χ0) is 22.3. The maximum Gasteiger partial charge on any atom is 0.271 e. The Morgan fingerprint density at radius 3 is 2.26 bits per heavy atom. The molecule has 0 atom stereocenters. The number of amides is 2. The lowest BCUT2D eigenvalue weighted by Crippen LogP contribution is -2.28. The quantitative estimate of drug-likeness (QED) is 0.454. The third kappa shape index (κ3) is 6.30. The van der Waals surface area contributed by atoms with Crippen LogP contribution in [0.25, 0.3) is 0 Å². The second-order valence-corrected chi connectivity index (χ2v) is 9.19. The minimum Gasteiger partial charge on any atom is -0.484 e. The molecule has 3 N–H and O–H groups in total. The van der Waals surface area contributed by atoms with Gasteiger partial charge in [-0.15, -0.1) is 11.3 Å². The summed E-state index contributed by atoms with van der Waals surface area (Å²) in [6.45, 7) is 2.28. The molecule has 1 aromatic heterocycles. The zero-order valence-corrected chi connectivity index (χ0v) is 18.3. The normalized spacial score (nSPS) is 10.9. The number of ether oxygens (including phenoxy) is 1. The first kappa shape index (κ1) is 22.3. The number of carbonyl (C=O) groups is 2. The Hall–Kier alpha value is -3.37. The van der Waals surface area contributed by atoms with E-state index in [2.05, 4.69) is 15.4 Å². The van der Waals surface area contributed by atoms with Crippen LogP contribution in [0.4, 0.5) is 11.4 Å². The van der Waals surface area contributed by atoms with E-state index in [0.29, 0.717) is 29.2 Å². The fourth-order valence-electron chi connectivity index (χ4n) is 2.55. The number of hydrogen-bond donors (Lipinski definition) is 3. The lowest BCUT2D eigenvalue weighted by atomic mass is 10.2. The van der Waals surface area contributed by atoms with E-state index >= 15 is 0 Å². The Labute approximate surface area is 184 Å². The van der Waals surface area contributed by atoms with Crippen LogP contribution in [-0.4, -0.2) is 33.4 Å². The van der Waals surface area contributed by atoms with Gasteiger partial charge in [-0.2, -0.15) is 0 Å². The van der Waals surface area contributed by atoms with Crippen molar-refractivity contribution >= 4 is 44.5 Å². The highest BCUT2D eigenvalue weighted by atomic mass is 32.2. The van der Waals surface area contributed by atoms with E-state index in [-0.39, 0.29) is 22.6 Å². The zero-order valence-electron chi connectivity index (χ0n) is 16.6. The van der Waals surface area contributed by atoms with E-state index in [4.69, 9.17) is 4.74 Å². The monoisotopic (exact) mass is 459 g/mol. The van der Waals surface area contributed by atoms with Crippen molar-refractivity contribution in [3.05, 3.63) is 71.6 Å². The third-order valence-corrected chi connectivity index (χ3v) is 6.79. The number of benzene rings is 2. The lowest BCUT2D eigenvalue weighted by Gasteiger charge is -2.09. The molecule has 0 saturated heterocycles. The van der Waals surface area contributed by atoms with Crippen LogP contribution < -0.4 is 20.1 Å². The average Bonchev–Trinajstić information content (AvgIpc) is 3.30. The van der Waals surface area contributed by atoms with E-state index in [9.17, 15) is 18.0 Å². The van der Waals surface area contributed by atoms with Crippen LogP contribution in [0.5, 0.6) is 5.75 Å². The molecule has 162 valence electrons. The molecule has 2 amide bonds. The number of nitrogens with one attached hydrogen (secondary N) is 3. The highest BCUT2D eigenvalue weighted by molar-refractivity contribution is 7.94. The third-order valence-electron chi connectivity index (χ3n) is 4.02. The second-order valence-electron chi connectivity index (χ2n) is 6.34. The molecule has 1 heterocycles. The maximum atomic E-state index is 12.4. The second kappa shape index (κ2) is 10.1. The van der Waals surface area contributed by atoms with Gasteiger partial charge in [-0.25, -0.2) is 8.42 Å². The van der Waals surface area contributed by atoms with Crippen molar-refractivity contribution in [2.45, 2.75) is 11.1 Å². The standard InChI is InChI=1S/C21H21N3O5S2/c1-2-22-19(25)14-29-18-11-9-16(10-12-18)23-21(26)15-5-7-17(8-6-15)24-31(27,28)20-4-3-13-30-20/h3-13,24H,2,14H2,1H3,(H,22,25)(H,23,26). The van der Waals surface area contributed by atoms with Gasteiger partial charge in [0.15, 0.2) is 6.61 Å². The van der Waals surface area contributed by atoms with Gasteiger partial charge in [-0.1, -0.05) is 6.07 Å². The fourth-order valence-corrected chi connectivity index (χ4v) is 4.60. The van der Waals surface area contributed by atoms with E-state index in [0.717, 1.165) is 11.3 Å². The fraction of sp³-hybridized carbons (Fsp3) is 0.143. The Bertz CT molecular complexity index is 1130. The molecule has 0 unspecified atom stereocenters. The van der Waals surface area contributed by atoms with Crippen molar-refractivity contribution in [3.8, 4) is 5.75 Å². The van der Waals surface area contributed by atoms with Crippen LogP contribution in [-0.2, 0) is 14.8 Å². The van der Waals surface area contributed by atoms with Crippen LogP contribution in [0.2, 0.25) is 0 Å². The number of carbonyl (C=O) groups excluding carboxylic acids is 2. The molecule has 3 aromatic rings. The first-order valence-corrected chi connectivity index (χ1v) is 11.7. The van der Waals surface area contributed by atoms with Crippen molar-refractivity contribution in [2.24, 2.45) is 0 Å². The van der Waals surface area contributed by atoms with Crippen LogP contribution in [0, 0.1) is 0 Å². The van der Waals surface area contributed by atoms with Crippen molar-refractivity contribution in [3.63, 3.8) is 0 Å². The molecule has 0 radical (unpaired) electrons. The Balaban J connectivity index is 1.56. The first-order chi connectivity index (χ1) is 14.9. The van der Waals surface area contributed by atoms with Crippen LogP contribution in [0.1, 0.15) is 17.3 Å². The van der Waals surface area contributed by atoms with Gasteiger partial charge in [0, 0.05) is 23.5 Å². The minimum atomic E-state index is -3.64. The molecule has 0 bridgehead atoms. The van der Waals surface area contributed by atoms with Gasteiger partial charge < -0.3 is 15.4 Å². The molecular formula is C21H21N3O5S2. The van der Waals surface area contributed by atoms with Gasteiger partial charge in [0.05, 0.1) is 0 Å². The molecule has 0 aliphatic rings. The predicted octanol–water partition coefficient (Wildman–Crippen LogP) is 3.32. The molecule has 31 heavy (non-hydrogen) atoms. The van der Waals surface area contributed by atoms with Crippen LogP contribution >= 0.6 is 11.3 Å². The molecule has 8 nitrogen and oxygen atoms in total. The number of rotatable bonds is 9. The highest BCUT2D eigenvalue weighted by Crippen LogP contribution is 2.21. The molecule has 0 saturated carbocycles. The summed E-state index contributed by atoms with van der Waals surface area (Å²) in [6.07, 6.45) is 0. The maximum absolute atomic E-state index is 12.4. The number of hydrogen-bond acceptors (Lipinski definition) is 6. The molecule has 0 spiro atoms. The molecular weight excluding hydrogens is 438 g/mol. The van der Waals surface area contributed by atoms with Gasteiger partial charge >= 0.3 is 0 Å². The summed E-state index contributed by atoms with van der Waals surface area (Å²) in [5, 5.41) is 7.07. The summed E-state index contributed by atoms with van der Waals surface area (Å²) >= 11 is 1.12. The molecule has 0 aliphatic heterocycles. The van der Waals surface area contributed by atoms with Crippen molar-refractivity contribution in [1.82, 2.24) is 5.32 Å². The summed E-state index contributed by atoms with van der Waals surface area (Å²) < 4.78 is 32.6. The Morgan fingerprint density at radius 2 is 1.65 bits per heavy atom. The Morgan fingerprint density at radius 1 is 0.968 bits per heavy atom. The summed E-state index contributed by atoms with van der Waals surface area (Å²) in [5.41, 5.74) is 1.28. The summed E-state index contributed by atoms with van der Waals surface area (Å²) in [7, 11) is -3.64. The van der Waals surface area contributed by atoms with E-state index in [1.54, 1.807) is 35.7 Å². The largest absolute Gasteiger partial charge is 0.484 e. The van der Waals surface area contributed by atoms with Gasteiger partial charge in [0.25, 0.3) is 21.8 Å². The molecule has 0 fully saturated rings.